The molecule has 96 valence electrons. The summed E-state index contributed by atoms with van der Waals surface area (Å²) in [4.78, 5) is 14.5. The number of nitrogens with zero attached hydrogens (tertiary/aromatic N) is 4. The quantitative estimate of drug-likeness (QED) is 0.863. The smallest absolute Gasteiger partial charge is 0.318 e. The topological polar surface area (TPSA) is 51.1 Å². The average Bonchev–Trinajstić information content (AvgIpc) is 2.75. The molecule has 0 aliphatic rings. The minimum atomic E-state index is 0.302. The maximum absolute atomic E-state index is 6.08. The van der Waals surface area contributed by atoms with Crippen molar-refractivity contribution in [3.8, 4) is 6.01 Å². The van der Waals surface area contributed by atoms with Crippen LogP contribution in [0.3, 0.4) is 0 Å². The first kappa shape index (κ1) is 13.0. The second-order valence-electron chi connectivity index (χ2n) is 3.77. The van der Waals surface area contributed by atoms with Gasteiger partial charge in [0.05, 0.1) is 19.9 Å². The zero-order valence-corrected chi connectivity index (χ0v) is 11.9. The van der Waals surface area contributed by atoms with Crippen molar-refractivity contribution in [3.05, 3.63) is 27.3 Å². The minimum absolute atomic E-state index is 0.302. The van der Waals surface area contributed by atoms with Gasteiger partial charge < -0.3 is 9.64 Å². The lowest BCUT2D eigenvalue weighted by atomic mass is 10.5. The van der Waals surface area contributed by atoms with Crippen molar-refractivity contribution >= 4 is 28.8 Å². The fourth-order valence-electron chi connectivity index (χ4n) is 1.46. The van der Waals surface area contributed by atoms with Gasteiger partial charge in [-0.15, -0.1) is 11.3 Å². The number of hydrogen-bond acceptors (Lipinski definition) is 6. The number of aromatic nitrogens is 3. The molecule has 18 heavy (non-hydrogen) atoms. The lowest BCUT2D eigenvalue weighted by Gasteiger charge is -2.17. The van der Waals surface area contributed by atoms with Crippen LogP contribution in [0.15, 0.2) is 11.6 Å². The number of aryl methyl sites for hydroxylation is 1. The van der Waals surface area contributed by atoms with Crippen molar-refractivity contribution in [2.24, 2.45) is 0 Å². The summed E-state index contributed by atoms with van der Waals surface area (Å²) in [5.74, 6) is 0.636. The van der Waals surface area contributed by atoms with E-state index in [4.69, 9.17) is 16.3 Å². The van der Waals surface area contributed by atoms with E-state index in [0.717, 1.165) is 10.7 Å². The molecule has 0 saturated heterocycles. The zero-order valence-electron chi connectivity index (χ0n) is 10.3. The van der Waals surface area contributed by atoms with Crippen molar-refractivity contribution in [1.29, 1.82) is 0 Å². The molecule has 0 radical (unpaired) electrons. The van der Waals surface area contributed by atoms with E-state index in [9.17, 15) is 0 Å². The highest BCUT2D eigenvalue weighted by Gasteiger charge is 2.12. The summed E-state index contributed by atoms with van der Waals surface area (Å²) >= 11 is 7.70. The number of rotatable bonds is 4. The summed E-state index contributed by atoms with van der Waals surface area (Å²) in [6.45, 7) is 2.62. The third-order valence-corrected chi connectivity index (χ3v) is 3.50. The first-order valence-corrected chi connectivity index (χ1v) is 6.54. The molecule has 2 heterocycles. The van der Waals surface area contributed by atoms with E-state index in [2.05, 4.69) is 15.0 Å². The fourth-order valence-corrected chi connectivity index (χ4v) is 2.52. The van der Waals surface area contributed by atoms with Gasteiger partial charge in [-0.25, -0.2) is 9.97 Å². The Bertz CT molecular complexity index is 546. The Morgan fingerprint density at radius 2 is 2.22 bits per heavy atom. The lowest BCUT2D eigenvalue weighted by Crippen LogP contribution is -2.18. The number of thiazole rings is 1. The number of methoxy groups -OCH3 is 1. The van der Waals surface area contributed by atoms with Gasteiger partial charge in [0, 0.05) is 18.1 Å². The Morgan fingerprint density at radius 3 is 2.83 bits per heavy atom. The normalized spacial score (nSPS) is 10.4. The molecule has 0 unspecified atom stereocenters. The monoisotopic (exact) mass is 284 g/mol. The number of hydrogen-bond donors (Lipinski definition) is 0. The molecule has 0 aliphatic carbocycles. The zero-order chi connectivity index (χ0) is 13.1. The highest BCUT2D eigenvalue weighted by atomic mass is 35.5. The van der Waals surface area contributed by atoms with Crippen LogP contribution in [-0.4, -0.2) is 29.1 Å². The maximum atomic E-state index is 6.08. The van der Waals surface area contributed by atoms with Crippen LogP contribution >= 0.6 is 22.9 Å². The molecular formula is C11H13ClN4OS. The summed E-state index contributed by atoms with van der Waals surface area (Å²) in [5.41, 5.74) is 1.02. The summed E-state index contributed by atoms with van der Waals surface area (Å²) in [6.07, 6.45) is 1.53. The Hall–Kier alpha value is -1.40. The molecule has 2 rings (SSSR count). The number of halogens is 1. The van der Waals surface area contributed by atoms with Crippen LogP contribution in [0.5, 0.6) is 6.01 Å². The largest absolute Gasteiger partial charge is 0.467 e. The second-order valence-corrected chi connectivity index (χ2v) is 5.12. The van der Waals surface area contributed by atoms with Gasteiger partial charge in [0.15, 0.2) is 5.82 Å². The van der Waals surface area contributed by atoms with E-state index in [0.29, 0.717) is 23.4 Å². The molecule has 0 aromatic carbocycles. The first-order chi connectivity index (χ1) is 8.60. The van der Waals surface area contributed by atoms with Crippen LogP contribution in [0, 0.1) is 6.92 Å². The molecule has 5 nitrogen and oxygen atoms in total. The minimum Gasteiger partial charge on any atom is -0.467 e. The molecule has 2 aromatic heterocycles. The molecule has 2 aromatic rings. The standard InChI is InChI=1S/C11H13ClN4OS/c1-7-6-18-9(14-7)5-16(2)10-8(12)4-13-11(15-10)17-3/h4,6H,5H2,1-3H3. The predicted molar refractivity (Wildman–Crippen MR) is 72.6 cm³/mol. The number of ether oxygens (including phenoxy) is 1. The lowest BCUT2D eigenvalue weighted by molar-refractivity contribution is 0.380. The highest BCUT2D eigenvalue weighted by Crippen LogP contribution is 2.25. The molecule has 0 aliphatic heterocycles. The Kier molecular flexibility index (Phi) is 3.98. The van der Waals surface area contributed by atoms with Crippen LogP contribution in [0.2, 0.25) is 5.02 Å². The van der Waals surface area contributed by atoms with Gasteiger partial charge in [-0.1, -0.05) is 11.6 Å². The van der Waals surface area contributed by atoms with Gasteiger partial charge in [-0.05, 0) is 6.92 Å². The van der Waals surface area contributed by atoms with Crippen molar-refractivity contribution in [1.82, 2.24) is 15.0 Å². The number of anilines is 1. The van der Waals surface area contributed by atoms with Gasteiger partial charge in [-0.2, -0.15) is 4.98 Å². The third-order valence-electron chi connectivity index (χ3n) is 2.29. The van der Waals surface area contributed by atoms with E-state index in [1.54, 1.807) is 11.3 Å². The van der Waals surface area contributed by atoms with Crippen molar-refractivity contribution < 1.29 is 4.74 Å². The van der Waals surface area contributed by atoms with Gasteiger partial charge in [0.2, 0.25) is 0 Å². The molecule has 0 fully saturated rings. The molecule has 0 amide bonds. The van der Waals surface area contributed by atoms with E-state index < -0.39 is 0 Å². The van der Waals surface area contributed by atoms with E-state index in [1.165, 1.54) is 13.3 Å². The van der Waals surface area contributed by atoms with Crippen molar-refractivity contribution in [2.75, 3.05) is 19.1 Å². The average molecular weight is 285 g/mol. The summed E-state index contributed by atoms with van der Waals surface area (Å²) in [6, 6.07) is 0.302. The van der Waals surface area contributed by atoms with Crippen LogP contribution < -0.4 is 9.64 Å². The van der Waals surface area contributed by atoms with E-state index in [1.807, 2.05) is 24.3 Å². The molecule has 0 spiro atoms. The van der Waals surface area contributed by atoms with Crippen LogP contribution in [-0.2, 0) is 6.54 Å². The molecule has 0 N–H and O–H groups in total. The summed E-state index contributed by atoms with van der Waals surface area (Å²) in [7, 11) is 3.43. The Labute approximate surface area is 114 Å². The van der Waals surface area contributed by atoms with E-state index in [-0.39, 0.29) is 0 Å². The van der Waals surface area contributed by atoms with Crippen LogP contribution in [0.4, 0.5) is 5.82 Å². The maximum Gasteiger partial charge on any atom is 0.318 e. The summed E-state index contributed by atoms with van der Waals surface area (Å²) < 4.78 is 4.99. The van der Waals surface area contributed by atoms with Crippen LogP contribution in [0.1, 0.15) is 10.7 Å². The van der Waals surface area contributed by atoms with Gasteiger partial charge >= 0.3 is 6.01 Å². The SMILES string of the molecule is COc1ncc(Cl)c(N(C)Cc2nc(C)cs2)n1. The van der Waals surface area contributed by atoms with Crippen molar-refractivity contribution in [3.63, 3.8) is 0 Å². The third kappa shape index (κ3) is 2.88. The Morgan fingerprint density at radius 1 is 1.44 bits per heavy atom. The van der Waals surface area contributed by atoms with Crippen LogP contribution in [0.25, 0.3) is 0 Å². The predicted octanol–water partition coefficient (Wildman–Crippen LogP) is 2.54. The fraction of sp³-hybridized carbons (Fsp3) is 0.364. The van der Waals surface area contributed by atoms with Gasteiger partial charge in [0.25, 0.3) is 0 Å². The second kappa shape index (κ2) is 5.49. The molecule has 7 heteroatoms. The molecule has 0 saturated carbocycles. The first-order valence-electron chi connectivity index (χ1n) is 5.29. The summed E-state index contributed by atoms with van der Waals surface area (Å²) in [5, 5.41) is 3.53. The molecule has 0 atom stereocenters. The van der Waals surface area contributed by atoms with Gasteiger partial charge in [-0.3, -0.25) is 0 Å². The van der Waals surface area contributed by atoms with Crippen molar-refractivity contribution in [2.45, 2.75) is 13.5 Å². The highest BCUT2D eigenvalue weighted by molar-refractivity contribution is 7.09. The Balaban J connectivity index is 2.20. The van der Waals surface area contributed by atoms with Gasteiger partial charge in [0.1, 0.15) is 10.0 Å². The van der Waals surface area contributed by atoms with E-state index >= 15 is 0 Å². The molecule has 0 bridgehead atoms. The molecular weight excluding hydrogens is 272 g/mol.